The highest BCUT2D eigenvalue weighted by atomic mass is 15.2. The second-order valence-corrected chi connectivity index (χ2v) is 6.15. The first-order chi connectivity index (χ1) is 9.11. The van der Waals surface area contributed by atoms with Crippen LogP contribution in [0.3, 0.4) is 0 Å². The highest BCUT2D eigenvalue weighted by Crippen LogP contribution is 2.30. The van der Waals surface area contributed by atoms with E-state index >= 15 is 0 Å². The van der Waals surface area contributed by atoms with Gasteiger partial charge in [0, 0.05) is 18.4 Å². The van der Waals surface area contributed by atoms with E-state index in [1.165, 1.54) is 19.3 Å². The van der Waals surface area contributed by atoms with Crippen LogP contribution in [0.15, 0.2) is 18.5 Å². The largest absolute Gasteiger partial charge is 0.366 e. The van der Waals surface area contributed by atoms with Crippen molar-refractivity contribution in [2.45, 2.75) is 46.1 Å². The molecule has 2 aromatic heterocycles. The summed E-state index contributed by atoms with van der Waals surface area (Å²) in [5, 5.41) is 8.06. The van der Waals surface area contributed by atoms with E-state index in [1.807, 2.05) is 23.8 Å². The zero-order chi connectivity index (χ0) is 13.4. The van der Waals surface area contributed by atoms with Crippen LogP contribution in [0.1, 0.15) is 38.8 Å². The predicted octanol–water partition coefficient (Wildman–Crippen LogP) is 3.27. The van der Waals surface area contributed by atoms with Crippen LogP contribution in [-0.2, 0) is 0 Å². The molecular weight excluding hydrogens is 236 g/mol. The quantitative estimate of drug-likeness (QED) is 0.899. The van der Waals surface area contributed by atoms with Gasteiger partial charge < -0.3 is 5.32 Å². The zero-order valence-electron chi connectivity index (χ0n) is 11.9. The van der Waals surface area contributed by atoms with Crippen molar-refractivity contribution in [1.82, 2.24) is 14.6 Å². The molecule has 0 amide bonds. The molecular formula is C15H22N4. The molecule has 102 valence electrons. The number of anilines is 1. The first-order valence-corrected chi connectivity index (χ1v) is 7.19. The third-order valence-corrected chi connectivity index (χ3v) is 4.03. The summed E-state index contributed by atoms with van der Waals surface area (Å²) >= 11 is 0. The molecule has 3 rings (SSSR count). The summed E-state index contributed by atoms with van der Waals surface area (Å²) in [7, 11) is 0. The van der Waals surface area contributed by atoms with Gasteiger partial charge in [0.1, 0.15) is 5.52 Å². The number of fused-ring (bicyclic) bond motifs is 1. The van der Waals surface area contributed by atoms with Gasteiger partial charge in [0.2, 0.25) is 0 Å². The Morgan fingerprint density at radius 3 is 2.68 bits per heavy atom. The molecule has 0 bridgehead atoms. The van der Waals surface area contributed by atoms with E-state index in [4.69, 9.17) is 0 Å². The van der Waals surface area contributed by atoms with E-state index in [9.17, 15) is 0 Å². The van der Waals surface area contributed by atoms with Crippen LogP contribution < -0.4 is 5.32 Å². The van der Waals surface area contributed by atoms with E-state index in [-0.39, 0.29) is 0 Å². The van der Waals surface area contributed by atoms with E-state index in [0.717, 1.165) is 28.9 Å². The molecule has 4 nitrogen and oxygen atoms in total. The number of hydrogen-bond acceptors (Lipinski definition) is 3. The Balaban J connectivity index is 1.84. The molecule has 1 N–H and O–H groups in total. The van der Waals surface area contributed by atoms with Crippen molar-refractivity contribution in [3.05, 3.63) is 24.2 Å². The van der Waals surface area contributed by atoms with Gasteiger partial charge in [-0.2, -0.15) is 5.10 Å². The van der Waals surface area contributed by atoms with Gasteiger partial charge in [-0.15, -0.1) is 0 Å². The third kappa shape index (κ3) is 2.57. The van der Waals surface area contributed by atoms with Crippen LogP contribution in [0, 0.1) is 18.8 Å². The van der Waals surface area contributed by atoms with E-state index in [1.54, 1.807) is 0 Å². The van der Waals surface area contributed by atoms with Crippen molar-refractivity contribution in [2.75, 3.05) is 5.32 Å². The van der Waals surface area contributed by atoms with Crippen molar-refractivity contribution in [3.63, 3.8) is 0 Å². The molecule has 0 aliphatic heterocycles. The predicted molar refractivity (Wildman–Crippen MR) is 77.3 cm³/mol. The molecule has 4 heteroatoms. The van der Waals surface area contributed by atoms with Gasteiger partial charge in [0.05, 0.1) is 5.69 Å². The fourth-order valence-electron chi connectivity index (χ4n) is 3.41. The molecule has 2 unspecified atom stereocenters. The number of nitrogens with zero attached hydrogens (tertiary/aromatic N) is 3. The van der Waals surface area contributed by atoms with Crippen molar-refractivity contribution in [1.29, 1.82) is 0 Å². The average molecular weight is 258 g/mol. The number of hydrogen-bond donors (Lipinski definition) is 1. The van der Waals surface area contributed by atoms with Gasteiger partial charge in [-0.25, -0.2) is 9.50 Å². The third-order valence-electron chi connectivity index (χ3n) is 4.03. The lowest BCUT2D eigenvalue weighted by molar-refractivity contribution is 0.280. The molecule has 1 fully saturated rings. The van der Waals surface area contributed by atoms with Crippen molar-refractivity contribution in [2.24, 2.45) is 11.8 Å². The van der Waals surface area contributed by atoms with E-state index in [2.05, 4.69) is 35.3 Å². The molecule has 1 aliphatic carbocycles. The Bertz CT molecular complexity index is 565. The minimum absolute atomic E-state index is 0.535. The molecule has 1 aliphatic rings. The second kappa shape index (κ2) is 4.83. The summed E-state index contributed by atoms with van der Waals surface area (Å²) in [4.78, 5) is 4.49. The number of aromatic nitrogens is 3. The molecule has 19 heavy (non-hydrogen) atoms. The lowest BCUT2D eigenvalue weighted by Gasteiger charge is -2.32. The Morgan fingerprint density at radius 1 is 1.21 bits per heavy atom. The highest BCUT2D eigenvalue weighted by molar-refractivity contribution is 5.68. The molecule has 2 atom stereocenters. The lowest BCUT2D eigenvalue weighted by atomic mass is 9.80. The van der Waals surface area contributed by atoms with Crippen molar-refractivity contribution >= 4 is 11.3 Å². The summed E-state index contributed by atoms with van der Waals surface area (Å²) in [5.74, 6) is 2.56. The van der Waals surface area contributed by atoms with Crippen molar-refractivity contribution in [3.8, 4) is 0 Å². The average Bonchev–Trinajstić information content (AvgIpc) is 2.69. The number of rotatable bonds is 2. The van der Waals surface area contributed by atoms with E-state index < -0.39 is 0 Å². The van der Waals surface area contributed by atoms with Gasteiger partial charge in [0.25, 0.3) is 0 Å². The fourth-order valence-corrected chi connectivity index (χ4v) is 3.41. The van der Waals surface area contributed by atoms with Crippen LogP contribution in [-0.4, -0.2) is 20.6 Å². The first kappa shape index (κ1) is 12.5. The molecule has 0 saturated heterocycles. The Labute approximate surface area is 114 Å². The van der Waals surface area contributed by atoms with Gasteiger partial charge in [-0.1, -0.05) is 13.8 Å². The van der Waals surface area contributed by atoms with Gasteiger partial charge in [-0.3, -0.25) is 0 Å². The molecule has 2 aromatic rings. The van der Waals surface area contributed by atoms with Crippen LogP contribution >= 0.6 is 0 Å². The minimum atomic E-state index is 0.535. The summed E-state index contributed by atoms with van der Waals surface area (Å²) in [5.41, 5.74) is 2.10. The van der Waals surface area contributed by atoms with Crippen LogP contribution in [0.25, 0.3) is 5.52 Å². The molecule has 0 spiro atoms. The fraction of sp³-hybridized carbons (Fsp3) is 0.600. The number of nitrogens with one attached hydrogen (secondary N) is 1. The van der Waals surface area contributed by atoms with Crippen LogP contribution in [0.2, 0.25) is 0 Å². The number of aryl methyl sites for hydroxylation is 1. The van der Waals surface area contributed by atoms with Gasteiger partial charge >= 0.3 is 0 Å². The summed E-state index contributed by atoms with van der Waals surface area (Å²) in [6.07, 6.45) is 7.54. The van der Waals surface area contributed by atoms with Crippen LogP contribution in [0.4, 0.5) is 5.82 Å². The van der Waals surface area contributed by atoms with Gasteiger partial charge in [-0.05, 0) is 44.1 Å². The van der Waals surface area contributed by atoms with Gasteiger partial charge in [0.15, 0.2) is 5.82 Å². The Hall–Kier alpha value is -1.58. The maximum atomic E-state index is 4.49. The Kier molecular flexibility index (Phi) is 3.17. The highest BCUT2D eigenvalue weighted by Gasteiger charge is 2.24. The zero-order valence-corrected chi connectivity index (χ0v) is 11.9. The molecule has 0 aromatic carbocycles. The molecule has 0 radical (unpaired) electrons. The smallest absolute Gasteiger partial charge is 0.152 e. The summed E-state index contributed by atoms with van der Waals surface area (Å²) in [6, 6.07) is 2.62. The maximum absolute atomic E-state index is 4.49. The minimum Gasteiger partial charge on any atom is -0.366 e. The molecule has 1 saturated carbocycles. The van der Waals surface area contributed by atoms with Crippen LogP contribution in [0.5, 0.6) is 0 Å². The topological polar surface area (TPSA) is 42.2 Å². The maximum Gasteiger partial charge on any atom is 0.152 e. The Morgan fingerprint density at radius 2 is 1.95 bits per heavy atom. The summed E-state index contributed by atoms with van der Waals surface area (Å²) < 4.78 is 1.90. The molecule has 2 heterocycles. The normalized spacial score (nSPS) is 27.6. The SMILES string of the molecule is Cc1cc2c(NC3CC(C)CC(C)C3)nccn2n1. The van der Waals surface area contributed by atoms with E-state index in [0.29, 0.717) is 6.04 Å². The lowest BCUT2D eigenvalue weighted by Crippen LogP contribution is -2.30. The standard InChI is InChI=1S/C15H22N4/c1-10-6-11(2)8-13(7-10)17-15-14-9-12(3)18-19(14)5-4-16-15/h4-5,9-11,13H,6-8H2,1-3H3,(H,16,17). The second-order valence-electron chi connectivity index (χ2n) is 6.15. The first-order valence-electron chi connectivity index (χ1n) is 7.19. The summed E-state index contributed by atoms with van der Waals surface area (Å²) in [6.45, 7) is 6.71. The van der Waals surface area contributed by atoms with Crippen molar-refractivity contribution < 1.29 is 0 Å². The monoisotopic (exact) mass is 258 g/mol.